The van der Waals surface area contributed by atoms with Crippen molar-refractivity contribution in [2.24, 2.45) is 5.73 Å². The smallest absolute Gasteiger partial charge is 0.393 e. The third-order valence-corrected chi connectivity index (χ3v) is 9.24. The van der Waals surface area contributed by atoms with Crippen molar-refractivity contribution in [3.05, 3.63) is 36.5 Å². The Balaban J connectivity index is 4.45. The van der Waals surface area contributed by atoms with Crippen molar-refractivity contribution in [2.45, 2.75) is 180 Å². The molecule has 0 bridgehead atoms. The molecule has 1 amide bonds. The molecule has 48 heavy (non-hydrogen) atoms. The zero-order valence-electron chi connectivity index (χ0n) is 30.6. The lowest BCUT2D eigenvalue weighted by atomic mass is 10.0. The van der Waals surface area contributed by atoms with Gasteiger partial charge in [0.1, 0.15) is 0 Å². The van der Waals surface area contributed by atoms with Crippen LogP contribution < -0.4 is 11.1 Å². The number of rotatable bonds is 35. The van der Waals surface area contributed by atoms with Gasteiger partial charge in [0.05, 0.1) is 37.9 Å². The van der Waals surface area contributed by atoms with Gasteiger partial charge in [0.2, 0.25) is 5.91 Å². The minimum absolute atomic E-state index is 0.0423. The SMILES string of the molecule is CCCCCCCCCCC/C=C/CC/C=C/CC/C=C/C(O)C(COP(=O)(O)OCCN)NC(=O)CC(O)CCCCCCCCC. The number of hydrogen-bond acceptors (Lipinski definition) is 7. The summed E-state index contributed by atoms with van der Waals surface area (Å²) < 4.78 is 21.9. The van der Waals surface area contributed by atoms with E-state index in [4.69, 9.17) is 14.8 Å². The lowest BCUT2D eigenvalue weighted by Crippen LogP contribution is -2.46. The van der Waals surface area contributed by atoms with Crippen molar-refractivity contribution < 1.29 is 33.5 Å². The lowest BCUT2D eigenvalue weighted by Gasteiger charge is -2.24. The first-order valence-electron chi connectivity index (χ1n) is 19.2. The number of unbranched alkanes of at least 4 members (excludes halogenated alkanes) is 17. The molecule has 0 aromatic heterocycles. The van der Waals surface area contributed by atoms with Crippen LogP contribution in [0.5, 0.6) is 0 Å². The van der Waals surface area contributed by atoms with Crippen LogP contribution in [0.4, 0.5) is 0 Å². The molecule has 0 radical (unpaired) electrons. The van der Waals surface area contributed by atoms with Gasteiger partial charge in [-0.3, -0.25) is 13.8 Å². The average molecular weight is 701 g/mol. The van der Waals surface area contributed by atoms with Crippen molar-refractivity contribution in [1.82, 2.24) is 5.32 Å². The zero-order valence-corrected chi connectivity index (χ0v) is 31.5. The van der Waals surface area contributed by atoms with Gasteiger partial charge in [0.15, 0.2) is 0 Å². The quantitative estimate of drug-likeness (QED) is 0.0250. The molecule has 4 atom stereocenters. The standard InChI is InChI=1S/C38H73N2O7P/c1-3-5-7-9-11-12-13-14-15-16-17-18-19-20-21-22-24-26-28-30-37(42)36(34-47-48(44,45)46-32-31-39)40-38(43)33-35(41)29-27-25-23-10-8-6-4-2/h17-18,21-22,28,30,35-37,41-42H,3-16,19-20,23-27,29,31-34,39H2,1-2H3,(H,40,43)(H,44,45)/b18-17+,22-21+,30-28+. The average Bonchev–Trinajstić information content (AvgIpc) is 3.06. The molecule has 10 heteroatoms. The lowest BCUT2D eigenvalue weighted by molar-refractivity contribution is -0.124. The molecular formula is C38H73N2O7P. The molecule has 0 aliphatic rings. The molecule has 0 heterocycles. The summed E-state index contributed by atoms with van der Waals surface area (Å²) in [6, 6.07) is -1.00. The summed E-state index contributed by atoms with van der Waals surface area (Å²) in [5.74, 6) is -0.465. The monoisotopic (exact) mass is 701 g/mol. The van der Waals surface area contributed by atoms with E-state index in [0.717, 1.165) is 44.9 Å². The van der Waals surface area contributed by atoms with E-state index in [1.54, 1.807) is 6.08 Å². The highest BCUT2D eigenvalue weighted by Gasteiger charge is 2.27. The minimum atomic E-state index is -4.40. The number of aliphatic hydroxyl groups is 2. The molecule has 0 aromatic rings. The first kappa shape index (κ1) is 46.7. The fraction of sp³-hybridized carbons (Fsp3) is 0.816. The Bertz CT molecular complexity index is 868. The highest BCUT2D eigenvalue weighted by molar-refractivity contribution is 7.47. The van der Waals surface area contributed by atoms with E-state index in [1.165, 1.54) is 83.5 Å². The van der Waals surface area contributed by atoms with Crippen molar-refractivity contribution in [2.75, 3.05) is 19.8 Å². The van der Waals surface area contributed by atoms with E-state index < -0.39 is 38.6 Å². The van der Waals surface area contributed by atoms with Gasteiger partial charge in [-0.2, -0.15) is 0 Å². The number of nitrogens with two attached hydrogens (primary N) is 1. The van der Waals surface area contributed by atoms with Gasteiger partial charge in [0.25, 0.3) is 0 Å². The number of aliphatic hydroxyl groups excluding tert-OH is 2. The van der Waals surface area contributed by atoms with E-state index in [0.29, 0.717) is 12.8 Å². The van der Waals surface area contributed by atoms with Crippen molar-refractivity contribution >= 4 is 13.7 Å². The zero-order chi connectivity index (χ0) is 35.6. The van der Waals surface area contributed by atoms with E-state index in [1.807, 2.05) is 6.08 Å². The molecular weight excluding hydrogens is 627 g/mol. The van der Waals surface area contributed by atoms with E-state index >= 15 is 0 Å². The van der Waals surface area contributed by atoms with Gasteiger partial charge < -0.3 is 26.2 Å². The molecule has 0 aromatic carbocycles. The third-order valence-electron chi connectivity index (χ3n) is 8.25. The third kappa shape index (κ3) is 31.9. The van der Waals surface area contributed by atoms with Gasteiger partial charge in [-0.25, -0.2) is 4.57 Å². The van der Waals surface area contributed by atoms with Gasteiger partial charge in [-0.1, -0.05) is 147 Å². The van der Waals surface area contributed by atoms with Crippen LogP contribution in [-0.4, -0.2) is 59.0 Å². The Morgan fingerprint density at radius 3 is 1.73 bits per heavy atom. The number of hydrogen-bond donors (Lipinski definition) is 5. The number of allylic oxidation sites excluding steroid dienone is 5. The van der Waals surface area contributed by atoms with Crippen LogP contribution in [0.15, 0.2) is 36.5 Å². The van der Waals surface area contributed by atoms with Crippen LogP contribution in [-0.2, 0) is 18.4 Å². The van der Waals surface area contributed by atoms with Gasteiger partial charge >= 0.3 is 7.82 Å². The molecule has 9 nitrogen and oxygen atoms in total. The van der Waals surface area contributed by atoms with Gasteiger partial charge in [-0.05, 0) is 44.9 Å². The number of carbonyl (C=O) groups is 1. The first-order chi connectivity index (χ1) is 23.3. The van der Waals surface area contributed by atoms with Gasteiger partial charge in [-0.15, -0.1) is 0 Å². The normalized spacial score (nSPS) is 15.4. The first-order valence-corrected chi connectivity index (χ1v) is 20.7. The minimum Gasteiger partial charge on any atom is -0.393 e. The summed E-state index contributed by atoms with van der Waals surface area (Å²) in [7, 11) is -4.40. The summed E-state index contributed by atoms with van der Waals surface area (Å²) in [5, 5.41) is 23.8. The highest BCUT2D eigenvalue weighted by atomic mass is 31.2. The molecule has 0 aliphatic carbocycles. The highest BCUT2D eigenvalue weighted by Crippen LogP contribution is 2.43. The van der Waals surface area contributed by atoms with Crippen LogP contribution in [0, 0.1) is 0 Å². The fourth-order valence-corrected chi connectivity index (χ4v) is 6.08. The second-order valence-electron chi connectivity index (χ2n) is 13.0. The topological polar surface area (TPSA) is 151 Å². The van der Waals surface area contributed by atoms with E-state index in [-0.39, 0.29) is 19.6 Å². The number of nitrogens with one attached hydrogen (secondary N) is 1. The fourth-order valence-electron chi connectivity index (χ4n) is 5.32. The Labute approximate surface area is 293 Å². The summed E-state index contributed by atoms with van der Waals surface area (Å²) in [6.07, 6.45) is 35.4. The van der Waals surface area contributed by atoms with Crippen molar-refractivity contribution in [3.8, 4) is 0 Å². The van der Waals surface area contributed by atoms with Crippen molar-refractivity contribution in [3.63, 3.8) is 0 Å². The molecule has 0 aliphatic heterocycles. The molecule has 282 valence electrons. The maximum atomic E-state index is 12.7. The number of carbonyl (C=O) groups excluding carboxylic acids is 1. The summed E-state index contributed by atoms with van der Waals surface area (Å²) in [5.41, 5.74) is 5.33. The Morgan fingerprint density at radius 1 is 0.708 bits per heavy atom. The van der Waals surface area contributed by atoms with Crippen LogP contribution in [0.3, 0.4) is 0 Å². The van der Waals surface area contributed by atoms with E-state index in [2.05, 4.69) is 43.5 Å². The molecule has 0 saturated heterocycles. The van der Waals surface area contributed by atoms with Crippen LogP contribution in [0.2, 0.25) is 0 Å². The van der Waals surface area contributed by atoms with Crippen LogP contribution in [0.25, 0.3) is 0 Å². The molecule has 4 unspecified atom stereocenters. The molecule has 0 rings (SSSR count). The number of amides is 1. The predicted octanol–water partition coefficient (Wildman–Crippen LogP) is 8.97. The summed E-state index contributed by atoms with van der Waals surface area (Å²) in [4.78, 5) is 22.5. The maximum Gasteiger partial charge on any atom is 0.472 e. The predicted molar refractivity (Wildman–Crippen MR) is 200 cm³/mol. The van der Waals surface area contributed by atoms with Crippen LogP contribution >= 0.6 is 7.82 Å². The van der Waals surface area contributed by atoms with Crippen molar-refractivity contribution in [1.29, 1.82) is 0 Å². The van der Waals surface area contributed by atoms with Gasteiger partial charge in [0, 0.05) is 6.54 Å². The number of phosphoric acid groups is 1. The molecule has 0 spiro atoms. The maximum absolute atomic E-state index is 12.7. The number of phosphoric ester groups is 1. The molecule has 0 saturated carbocycles. The molecule has 6 N–H and O–H groups in total. The second kappa shape index (κ2) is 34.1. The Hall–Kier alpha value is -1.32. The second-order valence-corrected chi connectivity index (χ2v) is 14.4. The largest absolute Gasteiger partial charge is 0.472 e. The Morgan fingerprint density at radius 2 is 1.19 bits per heavy atom. The Kier molecular flexibility index (Phi) is 33.2. The molecule has 0 fully saturated rings. The van der Waals surface area contributed by atoms with E-state index in [9.17, 15) is 24.5 Å². The van der Waals surface area contributed by atoms with Crippen LogP contribution in [0.1, 0.15) is 162 Å². The summed E-state index contributed by atoms with van der Waals surface area (Å²) >= 11 is 0. The summed E-state index contributed by atoms with van der Waals surface area (Å²) in [6.45, 7) is 3.87.